The van der Waals surface area contributed by atoms with E-state index in [0.29, 0.717) is 33.9 Å². The van der Waals surface area contributed by atoms with Crippen LogP contribution in [-0.2, 0) is 7.05 Å². The van der Waals surface area contributed by atoms with Gasteiger partial charge >= 0.3 is 6.01 Å². The Morgan fingerprint density at radius 2 is 1.84 bits per heavy atom. The van der Waals surface area contributed by atoms with Gasteiger partial charge in [0.1, 0.15) is 23.4 Å². The third kappa shape index (κ3) is 4.45. The molecule has 1 aromatic carbocycles. The number of pyridine rings is 1. The summed E-state index contributed by atoms with van der Waals surface area (Å²) in [7, 11) is 3.44. The van der Waals surface area contributed by atoms with Crippen LogP contribution in [0.4, 0.5) is 4.39 Å². The number of aryl methyl sites for hydroxylation is 3. The molecule has 0 radical (unpaired) electrons. The molecule has 186 valence electrons. The van der Waals surface area contributed by atoms with E-state index in [1.54, 1.807) is 50.7 Å². The molecule has 0 aliphatic rings. The Bertz CT molecular complexity index is 1670. The summed E-state index contributed by atoms with van der Waals surface area (Å²) < 4.78 is 28.5. The van der Waals surface area contributed by atoms with Gasteiger partial charge in [-0.25, -0.2) is 29.3 Å². The molecule has 8 nitrogen and oxygen atoms in total. The molecule has 0 bridgehead atoms. The number of aromatic nitrogens is 6. The van der Waals surface area contributed by atoms with Crippen LogP contribution in [0.5, 0.6) is 17.5 Å². The number of hydrogen-bond donors (Lipinski definition) is 0. The second-order valence-corrected chi connectivity index (χ2v) is 8.08. The van der Waals surface area contributed by atoms with Crippen molar-refractivity contribution < 1.29 is 13.9 Å². The summed E-state index contributed by atoms with van der Waals surface area (Å²) in [6.07, 6.45) is 10.2. The molecule has 5 aromatic rings. The zero-order valence-electron chi connectivity index (χ0n) is 20.1. The fraction of sp³-hybridized carbons (Fsp3) is 0.179. The number of terminal acetylenes is 1. The molecule has 9 heteroatoms. The maximum Gasteiger partial charge on any atom is 0.322 e. The second kappa shape index (κ2) is 10.0. The van der Waals surface area contributed by atoms with Gasteiger partial charge in [0.15, 0.2) is 11.6 Å². The number of fused-ring (bicyclic) bond motifs is 1. The Hall–Kier alpha value is -4.84. The van der Waals surface area contributed by atoms with Crippen molar-refractivity contribution in [2.24, 2.45) is 7.05 Å². The molecule has 0 spiro atoms. The largest absolute Gasteiger partial charge is 0.496 e. The Balaban J connectivity index is 0.00000320. The highest BCUT2D eigenvalue weighted by Crippen LogP contribution is 2.44. The Labute approximate surface area is 214 Å². The number of nitrogens with zero attached hydrogens (tertiary/aromatic N) is 6. The number of hydrogen-bond acceptors (Lipinski definition) is 7. The van der Waals surface area contributed by atoms with Gasteiger partial charge in [-0.05, 0) is 37.6 Å². The molecular formula is C28H25FN6O2. The third-order valence-corrected chi connectivity index (χ3v) is 5.84. The van der Waals surface area contributed by atoms with Crippen molar-refractivity contribution in [3.63, 3.8) is 0 Å². The summed E-state index contributed by atoms with van der Waals surface area (Å²) >= 11 is 0. The molecule has 0 aliphatic carbocycles. The molecule has 0 amide bonds. The lowest BCUT2D eigenvalue weighted by atomic mass is 9.98. The van der Waals surface area contributed by atoms with E-state index in [4.69, 9.17) is 15.9 Å². The first-order valence-corrected chi connectivity index (χ1v) is 11.0. The average Bonchev–Trinajstić information content (AvgIpc) is 3.18. The summed E-state index contributed by atoms with van der Waals surface area (Å²) in [5.74, 6) is 2.50. The van der Waals surface area contributed by atoms with E-state index in [9.17, 15) is 0 Å². The highest BCUT2D eigenvalue weighted by Gasteiger charge is 2.25. The zero-order chi connectivity index (χ0) is 25.4. The van der Waals surface area contributed by atoms with Crippen LogP contribution in [0.3, 0.4) is 0 Å². The summed E-state index contributed by atoms with van der Waals surface area (Å²) in [6, 6.07) is 8.23. The Morgan fingerprint density at radius 1 is 1.03 bits per heavy atom. The maximum absolute atomic E-state index is 15.3. The second-order valence-electron chi connectivity index (χ2n) is 8.08. The van der Waals surface area contributed by atoms with Crippen LogP contribution in [0.25, 0.3) is 33.4 Å². The van der Waals surface area contributed by atoms with Gasteiger partial charge in [-0.2, -0.15) is 0 Å². The standard InChI is InChI=1S/C27H21FN6O2.CH4/c1-6-18-12-22(35-5)19(13-30-18)25-24(23-16(3)31-14-32-26(23)34(25)4)17-7-8-21(20(28)11-17)36-27-29-10-9-15(2)33-27;/h1,7-14H,2-5H3;1H4. The van der Waals surface area contributed by atoms with E-state index < -0.39 is 5.82 Å². The molecule has 4 aromatic heterocycles. The van der Waals surface area contributed by atoms with Gasteiger partial charge in [0.05, 0.1) is 24.1 Å². The van der Waals surface area contributed by atoms with Crippen LogP contribution in [0.2, 0.25) is 0 Å². The van der Waals surface area contributed by atoms with Crippen molar-refractivity contribution >= 4 is 11.0 Å². The average molecular weight is 497 g/mol. The van der Waals surface area contributed by atoms with E-state index >= 15 is 4.39 Å². The molecule has 0 atom stereocenters. The first-order valence-electron chi connectivity index (χ1n) is 11.0. The highest BCUT2D eigenvalue weighted by atomic mass is 19.1. The van der Waals surface area contributed by atoms with Gasteiger partial charge in [-0.1, -0.05) is 19.4 Å². The van der Waals surface area contributed by atoms with Crippen molar-refractivity contribution in [1.29, 1.82) is 0 Å². The molecule has 4 heterocycles. The first-order chi connectivity index (χ1) is 17.4. The van der Waals surface area contributed by atoms with Gasteiger partial charge in [-0.3, -0.25) is 0 Å². The van der Waals surface area contributed by atoms with Crippen LogP contribution < -0.4 is 9.47 Å². The zero-order valence-corrected chi connectivity index (χ0v) is 20.1. The van der Waals surface area contributed by atoms with Gasteiger partial charge < -0.3 is 14.0 Å². The van der Waals surface area contributed by atoms with Crippen LogP contribution >= 0.6 is 0 Å². The summed E-state index contributed by atoms with van der Waals surface area (Å²) in [5.41, 5.74) is 5.34. The maximum atomic E-state index is 15.3. The van der Waals surface area contributed by atoms with Gasteiger partial charge in [0.2, 0.25) is 0 Å². The van der Waals surface area contributed by atoms with Gasteiger partial charge in [-0.15, -0.1) is 6.42 Å². The lowest BCUT2D eigenvalue weighted by molar-refractivity contribution is 0.410. The predicted molar refractivity (Wildman–Crippen MR) is 140 cm³/mol. The molecule has 0 saturated carbocycles. The van der Waals surface area contributed by atoms with Crippen LogP contribution in [-0.4, -0.2) is 36.6 Å². The molecule has 0 aliphatic heterocycles. The fourth-order valence-electron chi connectivity index (χ4n) is 4.17. The van der Waals surface area contributed by atoms with E-state index in [2.05, 4.69) is 30.8 Å². The molecule has 0 N–H and O–H groups in total. The third-order valence-electron chi connectivity index (χ3n) is 5.84. The van der Waals surface area contributed by atoms with Crippen LogP contribution in [0, 0.1) is 32.0 Å². The van der Waals surface area contributed by atoms with E-state index in [0.717, 1.165) is 22.3 Å². The number of halogens is 1. The Kier molecular flexibility index (Phi) is 6.85. The molecule has 0 fully saturated rings. The van der Waals surface area contributed by atoms with Crippen molar-refractivity contribution in [2.75, 3.05) is 7.11 Å². The van der Waals surface area contributed by atoms with E-state index in [1.807, 2.05) is 18.5 Å². The lowest BCUT2D eigenvalue weighted by Crippen LogP contribution is -1.99. The number of methoxy groups -OCH3 is 1. The minimum atomic E-state index is -0.567. The highest BCUT2D eigenvalue weighted by molar-refractivity contribution is 6.05. The summed E-state index contributed by atoms with van der Waals surface area (Å²) in [6.45, 7) is 3.69. The molecule has 5 rings (SSSR count). The molecular weight excluding hydrogens is 471 g/mol. The summed E-state index contributed by atoms with van der Waals surface area (Å²) in [5, 5.41) is 0.785. The smallest absolute Gasteiger partial charge is 0.322 e. The van der Waals surface area contributed by atoms with Crippen molar-refractivity contribution in [3.8, 4) is 52.2 Å². The lowest BCUT2D eigenvalue weighted by Gasteiger charge is -2.13. The minimum absolute atomic E-state index is 0. The SMILES string of the molecule is C.C#Cc1cc(OC)c(-c2c(-c3ccc(Oc4nccc(C)n4)c(F)c3)c3c(C)ncnc3n2C)cn1. The minimum Gasteiger partial charge on any atom is -0.496 e. The van der Waals surface area contributed by atoms with Crippen molar-refractivity contribution in [2.45, 2.75) is 21.3 Å². The van der Waals surface area contributed by atoms with Crippen molar-refractivity contribution in [3.05, 3.63) is 72.0 Å². The number of rotatable bonds is 5. The molecule has 37 heavy (non-hydrogen) atoms. The predicted octanol–water partition coefficient (Wildman–Crippen LogP) is 5.66. The first kappa shape index (κ1) is 25.3. The van der Waals surface area contributed by atoms with Crippen LogP contribution in [0.15, 0.2) is 49.1 Å². The van der Waals surface area contributed by atoms with E-state index in [1.165, 1.54) is 12.4 Å². The van der Waals surface area contributed by atoms with Gasteiger partial charge in [0, 0.05) is 42.2 Å². The van der Waals surface area contributed by atoms with Gasteiger partial charge in [0.25, 0.3) is 0 Å². The van der Waals surface area contributed by atoms with Crippen LogP contribution in [0.1, 0.15) is 24.5 Å². The fourth-order valence-corrected chi connectivity index (χ4v) is 4.17. The monoisotopic (exact) mass is 496 g/mol. The normalized spacial score (nSPS) is 10.6. The molecule has 0 unspecified atom stereocenters. The quantitative estimate of drug-likeness (QED) is 0.290. The van der Waals surface area contributed by atoms with Crippen molar-refractivity contribution in [1.82, 2.24) is 29.5 Å². The number of benzene rings is 1. The Morgan fingerprint density at radius 3 is 2.54 bits per heavy atom. The topological polar surface area (TPSA) is 87.8 Å². The summed E-state index contributed by atoms with van der Waals surface area (Å²) in [4.78, 5) is 21.5. The van der Waals surface area contributed by atoms with E-state index in [-0.39, 0.29) is 19.2 Å². The number of ether oxygens (including phenoxy) is 2. The molecule has 0 saturated heterocycles.